The van der Waals surface area contributed by atoms with E-state index in [4.69, 9.17) is 5.73 Å². The van der Waals surface area contributed by atoms with Gasteiger partial charge >= 0.3 is 6.18 Å². The van der Waals surface area contributed by atoms with Crippen LogP contribution in [0.5, 0.6) is 0 Å². The van der Waals surface area contributed by atoms with Crippen LogP contribution in [0.25, 0.3) is 0 Å². The van der Waals surface area contributed by atoms with E-state index in [9.17, 15) is 21.6 Å². The van der Waals surface area contributed by atoms with Crippen molar-refractivity contribution in [2.45, 2.75) is 23.0 Å². The van der Waals surface area contributed by atoms with E-state index < -0.39 is 21.8 Å². The van der Waals surface area contributed by atoms with Crippen LogP contribution in [0.2, 0.25) is 0 Å². The molecule has 2 atom stereocenters. The normalized spacial score (nSPS) is 22.2. The lowest BCUT2D eigenvalue weighted by molar-refractivity contribution is -0.137. The Morgan fingerprint density at radius 3 is 2.12 bits per heavy atom. The molecule has 0 saturated carbocycles. The molecule has 1 aliphatic rings. The fourth-order valence-electron chi connectivity index (χ4n) is 3.01. The van der Waals surface area contributed by atoms with Crippen LogP contribution >= 0.6 is 0 Å². The summed E-state index contributed by atoms with van der Waals surface area (Å²) in [5, 5.41) is 0. The Hall–Kier alpha value is -1.90. The monoisotopic (exact) mass is 370 g/mol. The average Bonchev–Trinajstić information content (AvgIpc) is 2.98. The Kier molecular flexibility index (Phi) is 4.61. The molecular weight excluding hydrogens is 353 g/mol. The highest BCUT2D eigenvalue weighted by Gasteiger charge is 2.38. The minimum atomic E-state index is -4.50. The predicted molar refractivity (Wildman–Crippen MR) is 87.4 cm³/mol. The number of benzene rings is 2. The highest BCUT2D eigenvalue weighted by atomic mass is 32.2. The number of alkyl halides is 3. The van der Waals surface area contributed by atoms with Gasteiger partial charge in [0.05, 0.1) is 10.5 Å². The zero-order chi connectivity index (χ0) is 18.2. The van der Waals surface area contributed by atoms with Crippen LogP contribution in [0.1, 0.15) is 17.0 Å². The number of hydrogen-bond donors (Lipinski definition) is 1. The first kappa shape index (κ1) is 17.9. The van der Waals surface area contributed by atoms with Crippen molar-refractivity contribution < 1.29 is 21.6 Å². The SMILES string of the molecule is NC1CN(S(=O)(=O)c2ccc(C(F)(F)F)cc2)CC1c1ccccc1. The Balaban J connectivity index is 1.84. The van der Waals surface area contributed by atoms with Gasteiger partial charge in [-0.1, -0.05) is 30.3 Å². The van der Waals surface area contributed by atoms with E-state index >= 15 is 0 Å². The lowest BCUT2D eigenvalue weighted by Gasteiger charge is -2.17. The van der Waals surface area contributed by atoms with Gasteiger partial charge in [-0.25, -0.2) is 8.42 Å². The summed E-state index contributed by atoms with van der Waals surface area (Å²) >= 11 is 0. The van der Waals surface area contributed by atoms with E-state index in [2.05, 4.69) is 0 Å². The van der Waals surface area contributed by atoms with Gasteiger partial charge in [0, 0.05) is 25.0 Å². The standard InChI is InChI=1S/C17H17F3N2O2S/c18-17(19,20)13-6-8-14(9-7-13)25(23,24)22-10-15(16(21)11-22)12-4-2-1-3-5-12/h1-9,15-16H,10-11,21H2. The van der Waals surface area contributed by atoms with Gasteiger partial charge in [0.1, 0.15) is 0 Å². The molecule has 134 valence electrons. The molecule has 0 aromatic heterocycles. The Morgan fingerprint density at radius 1 is 0.960 bits per heavy atom. The molecule has 3 rings (SSSR count). The molecule has 0 amide bonds. The third kappa shape index (κ3) is 3.56. The molecule has 1 saturated heterocycles. The van der Waals surface area contributed by atoms with Gasteiger partial charge < -0.3 is 5.73 Å². The van der Waals surface area contributed by atoms with Gasteiger partial charge in [0.2, 0.25) is 10.0 Å². The zero-order valence-corrected chi connectivity index (χ0v) is 14.0. The molecule has 2 unspecified atom stereocenters. The maximum atomic E-state index is 12.7. The lowest BCUT2D eigenvalue weighted by atomic mass is 9.95. The van der Waals surface area contributed by atoms with Crippen molar-refractivity contribution in [1.29, 1.82) is 0 Å². The number of nitrogens with two attached hydrogens (primary N) is 1. The summed E-state index contributed by atoms with van der Waals surface area (Å²) in [5.74, 6) is -0.148. The second kappa shape index (κ2) is 6.44. The van der Waals surface area contributed by atoms with E-state index in [1.54, 1.807) is 0 Å². The smallest absolute Gasteiger partial charge is 0.326 e. The lowest BCUT2D eigenvalue weighted by Crippen LogP contribution is -2.32. The van der Waals surface area contributed by atoms with Crippen molar-refractivity contribution in [3.8, 4) is 0 Å². The fourth-order valence-corrected chi connectivity index (χ4v) is 4.51. The minimum absolute atomic E-state index is 0.128. The first-order valence-corrected chi connectivity index (χ1v) is 9.11. The van der Waals surface area contributed by atoms with Crippen LogP contribution in [-0.2, 0) is 16.2 Å². The third-order valence-electron chi connectivity index (χ3n) is 4.38. The van der Waals surface area contributed by atoms with Crippen molar-refractivity contribution >= 4 is 10.0 Å². The van der Waals surface area contributed by atoms with Crippen molar-refractivity contribution in [2.75, 3.05) is 13.1 Å². The van der Waals surface area contributed by atoms with Gasteiger partial charge in [0.15, 0.2) is 0 Å². The summed E-state index contributed by atoms with van der Waals surface area (Å²) in [6.45, 7) is 0.331. The minimum Gasteiger partial charge on any atom is -0.326 e. The van der Waals surface area contributed by atoms with Gasteiger partial charge in [-0.2, -0.15) is 17.5 Å². The average molecular weight is 370 g/mol. The highest BCUT2D eigenvalue weighted by molar-refractivity contribution is 7.89. The zero-order valence-electron chi connectivity index (χ0n) is 13.1. The van der Waals surface area contributed by atoms with E-state index in [0.29, 0.717) is 0 Å². The van der Waals surface area contributed by atoms with Crippen molar-refractivity contribution in [3.63, 3.8) is 0 Å². The maximum Gasteiger partial charge on any atom is 0.416 e. The molecule has 0 radical (unpaired) electrons. The molecule has 8 heteroatoms. The van der Waals surface area contributed by atoms with Crippen LogP contribution in [-0.4, -0.2) is 31.9 Å². The molecule has 2 aromatic rings. The van der Waals surface area contributed by atoms with Gasteiger partial charge in [-0.3, -0.25) is 0 Å². The first-order chi connectivity index (χ1) is 11.7. The molecule has 2 aromatic carbocycles. The van der Waals surface area contributed by atoms with E-state index in [1.165, 1.54) is 4.31 Å². The molecule has 2 N–H and O–H groups in total. The predicted octanol–water partition coefficient (Wildman–Crippen LogP) is 2.82. The number of nitrogens with zero attached hydrogens (tertiary/aromatic N) is 1. The largest absolute Gasteiger partial charge is 0.416 e. The molecule has 0 aliphatic carbocycles. The van der Waals surface area contributed by atoms with E-state index in [0.717, 1.165) is 29.8 Å². The number of sulfonamides is 1. The summed E-state index contributed by atoms with van der Waals surface area (Å²) in [6, 6.07) is 12.5. The maximum absolute atomic E-state index is 12.7. The molecule has 0 bridgehead atoms. The van der Waals surface area contributed by atoms with Crippen molar-refractivity contribution in [1.82, 2.24) is 4.31 Å². The summed E-state index contributed by atoms with van der Waals surface area (Å²) < 4.78 is 64.5. The summed E-state index contributed by atoms with van der Waals surface area (Å²) in [6.07, 6.45) is -4.50. The second-order valence-electron chi connectivity index (χ2n) is 6.03. The van der Waals surface area contributed by atoms with E-state index in [1.807, 2.05) is 30.3 Å². The molecular formula is C17H17F3N2O2S. The molecule has 1 fully saturated rings. The first-order valence-electron chi connectivity index (χ1n) is 7.67. The van der Waals surface area contributed by atoms with Crippen LogP contribution in [0, 0.1) is 0 Å². The third-order valence-corrected chi connectivity index (χ3v) is 6.22. The van der Waals surface area contributed by atoms with E-state index in [-0.39, 0.29) is 29.9 Å². The Bertz CT molecular complexity index is 836. The quantitative estimate of drug-likeness (QED) is 0.904. The van der Waals surface area contributed by atoms with Gasteiger partial charge in [-0.05, 0) is 29.8 Å². The number of hydrogen-bond acceptors (Lipinski definition) is 3. The Morgan fingerprint density at radius 2 is 1.56 bits per heavy atom. The highest BCUT2D eigenvalue weighted by Crippen LogP contribution is 2.33. The summed E-state index contributed by atoms with van der Waals surface area (Å²) in [5.41, 5.74) is 6.16. The van der Waals surface area contributed by atoms with Crippen molar-refractivity contribution in [2.24, 2.45) is 5.73 Å². The molecule has 25 heavy (non-hydrogen) atoms. The summed E-state index contributed by atoms with van der Waals surface area (Å²) in [4.78, 5) is -0.165. The summed E-state index contributed by atoms with van der Waals surface area (Å²) in [7, 11) is -3.89. The van der Waals surface area contributed by atoms with Crippen LogP contribution in [0.15, 0.2) is 59.5 Å². The topological polar surface area (TPSA) is 63.4 Å². The molecule has 0 spiro atoms. The van der Waals surface area contributed by atoms with Gasteiger partial charge in [0.25, 0.3) is 0 Å². The van der Waals surface area contributed by atoms with Crippen LogP contribution in [0.3, 0.4) is 0 Å². The Labute approximate surface area is 144 Å². The molecule has 1 heterocycles. The van der Waals surface area contributed by atoms with Crippen LogP contribution in [0.4, 0.5) is 13.2 Å². The second-order valence-corrected chi connectivity index (χ2v) is 7.96. The van der Waals surface area contributed by atoms with Crippen molar-refractivity contribution in [3.05, 3.63) is 65.7 Å². The fraction of sp³-hybridized carbons (Fsp3) is 0.294. The van der Waals surface area contributed by atoms with Gasteiger partial charge in [-0.15, -0.1) is 0 Å². The van der Waals surface area contributed by atoms with Crippen LogP contribution < -0.4 is 5.73 Å². The number of rotatable bonds is 3. The molecule has 4 nitrogen and oxygen atoms in total. The number of halogens is 3. The molecule has 1 aliphatic heterocycles.